The highest BCUT2D eigenvalue weighted by atomic mass is 32.1. The topological polar surface area (TPSA) is 79.7 Å². The van der Waals surface area contributed by atoms with Gasteiger partial charge in [-0.3, -0.25) is 9.69 Å². The Bertz CT molecular complexity index is 1600. The first-order chi connectivity index (χ1) is 19.1. The minimum Gasteiger partial charge on any atom is -0.321 e. The van der Waals surface area contributed by atoms with E-state index in [4.69, 9.17) is 0 Å². The predicted molar refractivity (Wildman–Crippen MR) is 156 cm³/mol. The van der Waals surface area contributed by atoms with Gasteiger partial charge in [-0.25, -0.2) is 4.68 Å². The zero-order valence-corrected chi connectivity index (χ0v) is 23.3. The van der Waals surface area contributed by atoms with E-state index >= 15 is 0 Å². The summed E-state index contributed by atoms with van der Waals surface area (Å²) in [6.45, 7) is 5.47. The van der Waals surface area contributed by atoms with Gasteiger partial charge in [0.15, 0.2) is 5.82 Å². The van der Waals surface area contributed by atoms with Gasteiger partial charge in [0.2, 0.25) is 0 Å². The van der Waals surface area contributed by atoms with E-state index in [0.717, 1.165) is 40.7 Å². The second kappa shape index (κ2) is 11.2. The van der Waals surface area contributed by atoms with Gasteiger partial charge in [0.25, 0.3) is 5.56 Å². The SMILES string of the molecule is Cc1ccc(C)c2[nH]c(=O)c([C@H](c3nnnn3C3CCCCC3)N(Cc3ccccc3)Cc3cccs3)cc12. The van der Waals surface area contributed by atoms with E-state index in [0.29, 0.717) is 18.7 Å². The molecule has 7 nitrogen and oxygen atoms in total. The first kappa shape index (κ1) is 25.6. The number of pyridine rings is 1. The molecule has 39 heavy (non-hydrogen) atoms. The van der Waals surface area contributed by atoms with Crippen LogP contribution in [0.15, 0.2) is 70.8 Å². The van der Waals surface area contributed by atoms with Crippen molar-refractivity contribution in [3.63, 3.8) is 0 Å². The van der Waals surface area contributed by atoms with Crippen molar-refractivity contribution in [1.82, 2.24) is 30.1 Å². The largest absolute Gasteiger partial charge is 0.321 e. The third-order valence-electron chi connectivity index (χ3n) is 7.98. The molecule has 200 valence electrons. The summed E-state index contributed by atoms with van der Waals surface area (Å²) >= 11 is 1.73. The van der Waals surface area contributed by atoms with E-state index in [1.807, 2.05) is 17.7 Å². The van der Waals surface area contributed by atoms with Crippen molar-refractivity contribution in [2.45, 2.75) is 71.1 Å². The molecule has 0 aliphatic heterocycles. The van der Waals surface area contributed by atoms with Crippen molar-refractivity contribution in [2.75, 3.05) is 0 Å². The maximum atomic E-state index is 13.9. The summed E-state index contributed by atoms with van der Waals surface area (Å²) < 4.78 is 2.02. The number of aryl methyl sites for hydroxylation is 2. The van der Waals surface area contributed by atoms with Crippen molar-refractivity contribution < 1.29 is 0 Å². The van der Waals surface area contributed by atoms with Gasteiger partial charge in [0.05, 0.1) is 11.6 Å². The molecule has 8 heteroatoms. The summed E-state index contributed by atoms with van der Waals surface area (Å²) in [6, 6.07) is 20.8. The zero-order valence-electron chi connectivity index (χ0n) is 22.5. The minimum atomic E-state index is -0.419. The van der Waals surface area contributed by atoms with E-state index in [1.54, 1.807) is 11.3 Å². The van der Waals surface area contributed by atoms with Crippen molar-refractivity contribution in [2.24, 2.45) is 0 Å². The number of nitrogens with zero attached hydrogens (tertiary/aromatic N) is 5. The van der Waals surface area contributed by atoms with Crippen LogP contribution < -0.4 is 5.56 Å². The van der Waals surface area contributed by atoms with Gasteiger partial charge >= 0.3 is 0 Å². The maximum absolute atomic E-state index is 13.9. The Balaban J connectivity index is 1.55. The lowest BCUT2D eigenvalue weighted by atomic mass is 9.94. The Morgan fingerprint density at radius 2 is 1.79 bits per heavy atom. The lowest BCUT2D eigenvalue weighted by molar-refractivity contribution is 0.188. The Kier molecular flexibility index (Phi) is 7.39. The van der Waals surface area contributed by atoms with Gasteiger partial charge in [-0.1, -0.05) is 67.8 Å². The number of hydrogen-bond donors (Lipinski definition) is 1. The van der Waals surface area contributed by atoms with E-state index < -0.39 is 6.04 Å². The second-order valence-electron chi connectivity index (χ2n) is 10.7. The number of nitrogens with one attached hydrogen (secondary N) is 1. The fourth-order valence-corrected chi connectivity index (χ4v) is 6.65. The Morgan fingerprint density at radius 1 is 1.00 bits per heavy atom. The fourth-order valence-electron chi connectivity index (χ4n) is 5.92. The Hall–Kier alpha value is -3.62. The zero-order chi connectivity index (χ0) is 26.8. The average molecular weight is 539 g/mol. The summed E-state index contributed by atoms with van der Waals surface area (Å²) in [7, 11) is 0. The number of aromatic nitrogens is 5. The van der Waals surface area contributed by atoms with Gasteiger partial charge in [0.1, 0.15) is 6.04 Å². The van der Waals surface area contributed by atoms with Crippen LogP contribution in [0.3, 0.4) is 0 Å². The summed E-state index contributed by atoms with van der Waals surface area (Å²) in [5.74, 6) is 0.740. The molecule has 0 spiro atoms. The summed E-state index contributed by atoms with van der Waals surface area (Å²) in [5.41, 5.74) is 4.84. The lowest BCUT2D eigenvalue weighted by Crippen LogP contribution is -2.35. The fraction of sp³-hybridized carbons (Fsp3) is 0.355. The van der Waals surface area contributed by atoms with Crippen LogP contribution >= 0.6 is 11.3 Å². The monoisotopic (exact) mass is 538 g/mol. The molecule has 5 aromatic rings. The maximum Gasteiger partial charge on any atom is 0.253 e. The number of tetrazole rings is 1. The first-order valence-electron chi connectivity index (χ1n) is 13.8. The molecule has 1 aliphatic carbocycles. The molecule has 0 radical (unpaired) electrons. The van der Waals surface area contributed by atoms with Gasteiger partial charge in [-0.2, -0.15) is 0 Å². The number of thiophene rings is 1. The molecule has 1 saturated carbocycles. The molecule has 6 rings (SSSR count). The summed E-state index contributed by atoms with van der Waals surface area (Å²) in [5, 5.41) is 16.5. The van der Waals surface area contributed by atoms with Crippen LogP contribution in [0.2, 0.25) is 0 Å². The third kappa shape index (κ3) is 5.31. The minimum absolute atomic E-state index is 0.0939. The number of rotatable bonds is 8. The predicted octanol–water partition coefficient (Wildman–Crippen LogP) is 6.49. The highest BCUT2D eigenvalue weighted by molar-refractivity contribution is 7.09. The van der Waals surface area contributed by atoms with Crippen LogP contribution in [-0.2, 0) is 13.1 Å². The van der Waals surface area contributed by atoms with Crippen LogP contribution in [0, 0.1) is 13.8 Å². The molecule has 1 N–H and O–H groups in total. The molecular weight excluding hydrogens is 504 g/mol. The van der Waals surface area contributed by atoms with Gasteiger partial charge in [-0.05, 0) is 71.3 Å². The van der Waals surface area contributed by atoms with Crippen molar-refractivity contribution in [3.8, 4) is 0 Å². The molecule has 3 aromatic heterocycles. The Morgan fingerprint density at radius 3 is 2.56 bits per heavy atom. The second-order valence-corrected chi connectivity index (χ2v) is 11.7. The highest BCUT2D eigenvalue weighted by Gasteiger charge is 2.33. The number of aromatic amines is 1. The number of benzene rings is 2. The van der Waals surface area contributed by atoms with Crippen LogP contribution in [0.25, 0.3) is 10.9 Å². The van der Waals surface area contributed by atoms with E-state index in [1.165, 1.54) is 29.7 Å². The summed E-state index contributed by atoms with van der Waals surface area (Å²) in [4.78, 5) is 20.7. The van der Waals surface area contributed by atoms with E-state index in [9.17, 15) is 4.79 Å². The molecule has 1 fully saturated rings. The molecule has 0 unspecified atom stereocenters. The first-order valence-corrected chi connectivity index (χ1v) is 14.7. The Labute approximate surface area is 232 Å². The molecule has 0 saturated heterocycles. The van der Waals surface area contributed by atoms with Gasteiger partial charge < -0.3 is 4.98 Å². The highest BCUT2D eigenvalue weighted by Crippen LogP contribution is 2.35. The van der Waals surface area contributed by atoms with Crippen LogP contribution in [0.1, 0.15) is 77.1 Å². The molecule has 0 amide bonds. The van der Waals surface area contributed by atoms with Crippen LogP contribution in [0.5, 0.6) is 0 Å². The average Bonchev–Trinajstić information content (AvgIpc) is 3.65. The number of H-pyrrole nitrogens is 1. The number of fused-ring (bicyclic) bond motifs is 1. The molecule has 2 aromatic carbocycles. The molecule has 3 heterocycles. The van der Waals surface area contributed by atoms with Gasteiger partial charge in [0, 0.05) is 28.9 Å². The summed E-state index contributed by atoms with van der Waals surface area (Å²) in [6.07, 6.45) is 5.71. The van der Waals surface area contributed by atoms with E-state index in [-0.39, 0.29) is 11.6 Å². The van der Waals surface area contributed by atoms with Crippen LogP contribution in [0.4, 0.5) is 0 Å². The van der Waals surface area contributed by atoms with Crippen LogP contribution in [-0.4, -0.2) is 30.1 Å². The smallest absolute Gasteiger partial charge is 0.253 e. The number of hydrogen-bond acceptors (Lipinski definition) is 6. The van der Waals surface area contributed by atoms with E-state index in [2.05, 4.69) is 92.3 Å². The third-order valence-corrected chi connectivity index (χ3v) is 8.84. The molecule has 0 bridgehead atoms. The van der Waals surface area contributed by atoms with Crippen molar-refractivity contribution >= 4 is 22.2 Å². The standard InChI is InChI=1S/C31H34N6OS/c1-21-15-16-22(2)28-26(21)18-27(31(38)32-28)29(30-33-34-35-37(30)24-12-7-4-8-13-24)36(20-25-14-9-17-39-25)19-23-10-5-3-6-11-23/h3,5-6,9-11,14-18,24,29H,4,7-8,12-13,19-20H2,1-2H3,(H,32,38)/t29-/m1/s1. The van der Waals surface area contributed by atoms with Gasteiger partial charge in [-0.15, -0.1) is 16.4 Å². The molecule has 1 aliphatic rings. The lowest BCUT2D eigenvalue weighted by Gasteiger charge is -2.32. The van der Waals surface area contributed by atoms with Crippen molar-refractivity contribution in [1.29, 1.82) is 0 Å². The quantitative estimate of drug-likeness (QED) is 0.244. The molecule has 1 atom stereocenters. The van der Waals surface area contributed by atoms with Crippen molar-refractivity contribution in [3.05, 3.63) is 109 Å². The molecular formula is C31H34N6OS. The normalized spacial score (nSPS) is 15.3.